The molecule has 5 heteroatoms. The van der Waals surface area contributed by atoms with Gasteiger partial charge in [0.25, 0.3) is 0 Å². The van der Waals surface area contributed by atoms with Crippen LogP contribution in [0.25, 0.3) is 0 Å². The molecule has 0 atom stereocenters. The van der Waals surface area contributed by atoms with Gasteiger partial charge in [-0.25, -0.2) is 0 Å². The Morgan fingerprint density at radius 2 is 2.14 bits per heavy atom. The summed E-state index contributed by atoms with van der Waals surface area (Å²) in [6.45, 7) is 0. The second-order valence-electron chi connectivity index (χ2n) is 3.28. The van der Waals surface area contributed by atoms with Crippen LogP contribution in [0.5, 0.6) is 0 Å². The zero-order chi connectivity index (χ0) is 9.47. The average molecular weight is 281 g/mol. The standard InChI is InChI=1S/C9H8BrNO2.K/c10-7-3-6(4-11-5-7)9(1-2-9)8(12)13;/h3-5H,1-2H2,(H,12,13);. The Hall–Kier alpha value is 0.736. The van der Waals surface area contributed by atoms with Gasteiger partial charge in [-0.3, -0.25) is 9.78 Å². The Morgan fingerprint density at radius 3 is 2.57 bits per heavy atom. The largest absolute Gasteiger partial charge is 0.481 e. The average Bonchev–Trinajstić information content (AvgIpc) is 2.83. The summed E-state index contributed by atoms with van der Waals surface area (Å²) in [7, 11) is 0. The van der Waals surface area contributed by atoms with E-state index in [0.717, 1.165) is 22.9 Å². The molecule has 0 amide bonds. The van der Waals surface area contributed by atoms with E-state index in [1.807, 2.05) is 6.07 Å². The molecule has 1 aromatic heterocycles. The van der Waals surface area contributed by atoms with E-state index < -0.39 is 11.4 Å². The number of carboxylic acids is 1. The Bertz CT molecular complexity index is 366. The molecular formula is C9H8BrKNO2. The van der Waals surface area contributed by atoms with E-state index in [1.165, 1.54) is 0 Å². The van der Waals surface area contributed by atoms with Crippen LogP contribution >= 0.6 is 15.9 Å². The van der Waals surface area contributed by atoms with Crippen molar-refractivity contribution in [3.8, 4) is 0 Å². The number of halogens is 1. The van der Waals surface area contributed by atoms with Crippen LogP contribution < -0.4 is 0 Å². The van der Waals surface area contributed by atoms with Crippen molar-refractivity contribution < 1.29 is 9.90 Å². The van der Waals surface area contributed by atoms with Crippen LogP contribution in [0.3, 0.4) is 0 Å². The Kier molecular flexibility index (Phi) is 4.31. The van der Waals surface area contributed by atoms with E-state index in [-0.39, 0.29) is 51.4 Å². The summed E-state index contributed by atoms with van der Waals surface area (Å²) in [6, 6.07) is 1.83. The molecule has 14 heavy (non-hydrogen) atoms. The fraction of sp³-hybridized carbons (Fsp3) is 0.333. The predicted octanol–water partition coefficient (Wildman–Crippen LogP) is 1.58. The minimum atomic E-state index is -0.743. The number of pyridine rings is 1. The van der Waals surface area contributed by atoms with Crippen molar-refractivity contribution in [2.24, 2.45) is 0 Å². The number of carbonyl (C=O) groups is 1. The van der Waals surface area contributed by atoms with Crippen molar-refractivity contribution in [3.05, 3.63) is 28.5 Å². The van der Waals surface area contributed by atoms with Crippen molar-refractivity contribution in [1.29, 1.82) is 0 Å². The van der Waals surface area contributed by atoms with E-state index in [0.29, 0.717) is 0 Å². The summed E-state index contributed by atoms with van der Waals surface area (Å²) in [5.41, 5.74) is 0.158. The van der Waals surface area contributed by atoms with Gasteiger partial charge < -0.3 is 5.11 Å². The normalized spacial score (nSPS) is 16.9. The second-order valence-corrected chi connectivity index (χ2v) is 4.19. The van der Waals surface area contributed by atoms with E-state index in [4.69, 9.17) is 5.11 Å². The van der Waals surface area contributed by atoms with Crippen LogP contribution in [-0.2, 0) is 10.2 Å². The van der Waals surface area contributed by atoms with Gasteiger partial charge >= 0.3 is 5.97 Å². The summed E-state index contributed by atoms with van der Waals surface area (Å²) >= 11 is 3.28. The Morgan fingerprint density at radius 1 is 1.50 bits per heavy atom. The number of aromatic nitrogens is 1. The number of hydrogen-bond acceptors (Lipinski definition) is 2. The van der Waals surface area contributed by atoms with Crippen molar-refractivity contribution in [2.45, 2.75) is 18.3 Å². The molecule has 1 N–H and O–H groups in total. The molecule has 1 fully saturated rings. The van der Waals surface area contributed by atoms with Gasteiger partial charge in [-0.2, -0.15) is 0 Å². The molecule has 1 aliphatic carbocycles. The monoisotopic (exact) mass is 280 g/mol. The molecule has 1 aliphatic rings. The summed E-state index contributed by atoms with van der Waals surface area (Å²) < 4.78 is 0.831. The van der Waals surface area contributed by atoms with Crippen molar-refractivity contribution in [3.63, 3.8) is 0 Å². The summed E-state index contributed by atoms with van der Waals surface area (Å²) in [4.78, 5) is 14.9. The molecule has 0 bridgehead atoms. The summed E-state index contributed by atoms with van der Waals surface area (Å²) in [5.74, 6) is -0.743. The zero-order valence-corrected chi connectivity index (χ0v) is 12.5. The fourth-order valence-electron chi connectivity index (χ4n) is 1.42. The maximum absolute atomic E-state index is 11.0. The quantitative estimate of drug-likeness (QED) is 0.837. The van der Waals surface area contributed by atoms with E-state index in [2.05, 4.69) is 20.9 Å². The maximum atomic E-state index is 11.0. The molecule has 0 saturated heterocycles. The smallest absolute Gasteiger partial charge is 0.314 e. The van der Waals surface area contributed by atoms with E-state index in [1.54, 1.807) is 12.4 Å². The first-order valence-electron chi connectivity index (χ1n) is 3.99. The minimum absolute atomic E-state index is 0. The first-order chi connectivity index (χ1) is 6.15. The van der Waals surface area contributed by atoms with Crippen LogP contribution in [0.1, 0.15) is 18.4 Å². The molecule has 1 heterocycles. The van der Waals surface area contributed by atoms with Crippen LogP contribution in [0.4, 0.5) is 0 Å². The third-order valence-electron chi connectivity index (χ3n) is 2.42. The molecule has 1 saturated carbocycles. The van der Waals surface area contributed by atoms with Crippen molar-refractivity contribution >= 4 is 73.3 Å². The third-order valence-corrected chi connectivity index (χ3v) is 2.85. The van der Waals surface area contributed by atoms with Gasteiger partial charge in [0.2, 0.25) is 0 Å². The third kappa shape index (κ3) is 2.28. The van der Waals surface area contributed by atoms with Crippen LogP contribution in [0.2, 0.25) is 0 Å². The van der Waals surface area contributed by atoms with Crippen molar-refractivity contribution in [1.82, 2.24) is 4.98 Å². The number of hydrogen-bond donors (Lipinski definition) is 1. The molecule has 69 valence electrons. The molecule has 1 radical (unpaired) electrons. The number of carboxylic acid groups (broad SMARTS) is 1. The van der Waals surface area contributed by atoms with Crippen molar-refractivity contribution in [2.75, 3.05) is 0 Å². The fourth-order valence-corrected chi connectivity index (χ4v) is 1.79. The number of aliphatic carboxylic acids is 1. The second kappa shape index (κ2) is 4.72. The van der Waals surface area contributed by atoms with Crippen LogP contribution in [-0.4, -0.2) is 67.4 Å². The first-order valence-corrected chi connectivity index (χ1v) is 4.79. The topological polar surface area (TPSA) is 50.2 Å². The maximum Gasteiger partial charge on any atom is 0.314 e. The molecule has 0 aliphatic heterocycles. The molecular weight excluding hydrogens is 273 g/mol. The number of rotatable bonds is 2. The van der Waals surface area contributed by atoms with E-state index >= 15 is 0 Å². The predicted molar refractivity (Wildman–Crippen MR) is 56.2 cm³/mol. The molecule has 3 nitrogen and oxygen atoms in total. The molecule has 0 aromatic carbocycles. The summed E-state index contributed by atoms with van der Waals surface area (Å²) in [6.07, 6.45) is 4.73. The van der Waals surface area contributed by atoms with E-state index in [9.17, 15) is 4.79 Å². The number of nitrogens with zero attached hydrogens (tertiary/aromatic N) is 1. The Balaban J connectivity index is 0.000000980. The SMILES string of the molecule is O=C(O)C1(c2cncc(Br)c2)CC1.[K]. The van der Waals surface area contributed by atoms with Gasteiger partial charge in [-0.1, -0.05) is 0 Å². The molecule has 0 spiro atoms. The first kappa shape index (κ1) is 12.8. The van der Waals surface area contributed by atoms with Crippen LogP contribution in [0, 0.1) is 0 Å². The van der Waals surface area contributed by atoms with Gasteiger partial charge in [0.05, 0.1) is 5.41 Å². The summed E-state index contributed by atoms with van der Waals surface area (Å²) in [5, 5.41) is 9.00. The molecule has 0 unspecified atom stereocenters. The van der Waals surface area contributed by atoms with Gasteiger partial charge in [0.1, 0.15) is 0 Å². The van der Waals surface area contributed by atoms with Gasteiger partial charge in [0.15, 0.2) is 0 Å². The van der Waals surface area contributed by atoms with Gasteiger partial charge in [0, 0.05) is 68.3 Å². The zero-order valence-electron chi connectivity index (χ0n) is 7.83. The molecule has 2 rings (SSSR count). The Labute approximate surface area is 133 Å². The molecule has 1 aromatic rings. The van der Waals surface area contributed by atoms with Crippen LogP contribution in [0.15, 0.2) is 22.9 Å². The minimum Gasteiger partial charge on any atom is -0.481 e. The van der Waals surface area contributed by atoms with Gasteiger partial charge in [-0.05, 0) is 40.4 Å². The van der Waals surface area contributed by atoms with Gasteiger partial charge in [-0.15, -0.1) is 0 Å².